The van der Waals surface area contributed by atoms with Crippen molar-refractivity contribution in [2.45, 2.75) is 6.92 Å². The highest BCUT2D eigenvalue weighted by molar-refractivity contribution is 6.31. The van der Waals surface area contributed by atoms with E-state index >= 15 is 0 Å². The Kier molecular flexibility index (Phi) is 5.60. The maximum Gasteiger partial charge on any atom is 0.255 e. The molecule has 2 aromatic rings. The largest absolute Gasteiger partial charge is 0.496 e. The molecule has 6 heteroatoms. The first kappa shape index (κ1) is 16.8. The Morgan fingerprint density at radius 3 is 2.61 bits per heavy atom. The van der Waals surface area contributed by atoms with E-state index < -0.39 is 0 Å². The zero-order valence-corrected chi connectivity index (χ0v) is 13.6. The van der Waals surface area contributed by atoms with Gasteiger partial charge in [-0.25, -0.2) is 0 Å². The van der Waals surface area contributed by atoms with Gasteiger partial charge in [-0.3, -0.25) is 9.59 Å². The summed E-state index contributed by atoms with van der Waals surface area (Å²) in [5.74, 6) is -0.261. The lowest BCUT2D eigenvalue weighted by atomic mass is 10.2. The van der Waals surface area contributed by atoms with Crippen molar-refractivity contribution in [2.75, 3.05) is 19.0 Å². The first-order chi connectivity index (χ1) is 11.0. The maximum absolute atomic E-state index is 12.1. The molecule has 2 amide bonds. The average Bonchev–Trinajstić information content (AvgIpc) is 2.56. The minimum Gasteiger partial charge on any atom is -0.496 e. The zero-order chi connectivity index (χ0) is 16.8. The van der Waals surface area contributed by atoms with Gasteiger partial charge in [0.2, 0.25) is 5.91 Å². The van der Waals surface area contributed by atoms with Crippen molar-refractivity contribution in [3.8, 4) is 5.75 Å². The molecule has 0 aliphatic carbocycles. The highest BCUT2D eigenvalue weighted by Crippen LogP contribution is 2.20. The summed E-state index contributed by atoms with van der Waals surface area (Å²) in [6.07, 6.45) is 0. The Morgan fingerprint density at radius 1 is 1.17 bits per heavy atom. The lowest BCUT2D eigenvalue weighted by Gasteiger charge is -2.10. The predicted molar refractivity (Wildman–Crippen MR) is 90.1 cm³/mol. The molecule has 0 fully saturated rings. The molecule has 0 aliphatic rings. The molecule has 0 aromatic heterocycles. The summed E-state index contributed by atoms with van der Waals surface area (Å²) in [5.41, 5.74) is 1.88. The summed E-state index contributed by atoms with van der Waals surface area (Å²) in [4.78, 5) is 24.0. The summed E-state index contributed by atoms with van der Waals surface area (Å²) in [6.45, 7) is 1.73. The molecule has 0 radical (unpaired) electrons. The van der Waals surface area contributed by atoms with Crippen LogP contribution in [0.3, 0.4) is 0 Å². The molecule has 0 aliphatic heterocycles. The van der Waals surface area contributed by atoms with Gasteiger partial charge in [-0.15, -0.1) is 0 Å². The van der Waals surface area contributed by atoms with Crippen LogP contribution in [0, 0.1) is 6.92 Å². The van der Waals surface area contributed by atoms with Crippen molar-refractivity contribution in [3.63, 3.8) is 0 Å². The van der Waals surface area contributed by atoms with E-state index in [1.54, 1.807) is 36.4 Å². The molecule has 5 nitrogen and oxygen atoms in total. The quantitative estimate of drug-likeness (QED) is 0.884. The Morgan fingerprint density at radius 2 is 1.91 bits per heavy atom. The molecule has 2 aromatic carbocycles. The zero-order valence-electron chi connectivity index (χ0n) is 12.9. The topological polar surface area (TPSA) is 67.4 Å². The third-order valence-electron chi connectivity index (χ3n) is 3.22. The van der Waals surface area contributed by atoms with E-state index in [1.807, 2.05) is 13.0 Å². The van der Waals surface area contributed by atoms with Gasteiger partial charge in [0.1, 0.15) is 5.75 Å². The number of methoxy groups -OCH3 is 1. The number of hydrogen-bond acceptors (Lipinski definition) is 3. The molecule has 0 bridgehead atoms. The van der Waals surface area contributed by atoms with Gasteiger partial charge < -0.3 is 15.4 Å². The SMILES string of the molecule is COc1ccccc1C(=O)NCC(=O)Nc1ccc(C)c(Cl)c1. The van der Waals surface area contributed by atoms with Crippen LogP contribution in [0.25, 0.3) is 0 Å². The second-order valence-electron chi connectivity index (χ2n) is 4.90. The number of carbonyl (C=O) groups is 2. The van der Waals surface area contributed by atoms with Crippen molar-refractivity contribution >= 4 is 29.1 Å². The number of halogens is 1. The van der Waals surface area contributed by atoms with Crippen LogP contribution < -0.4 is 15.4 Å². The average molecular weight is 333 g/mol. The summed E-state index contributed by atoms with van der Waals surface area (Å²) < 4.78 is 5.12. The van der Waals surface area contributed by atoms with Crippen LogP contribution in [0.2, 0.25) is 5.02 Å². The summed E-state index contributed by atoms with van der Waals surface area (Å²) in [6, 6.07) is 12.0. The number of anilines is 1. The molecule has 0 saturated heterocycles. The van der Waals surface area contributed by atoms with Crippen LogP contribution in [-0.4, -0.2) is 25.5 Å². The molecule has 23 heavy (non-hydrogen) atoms. The molecule has 120 valence electrons. The number of rotatable bonds is 5. The summed E-state index contributed by atoms with van der Waals surface area (Å²) >= 11 is 6.00. The Hall–Kier alpha value is -2.53. The monoisotopic (exact) mass is 332 g/mol. The summed E-state index contributed by atoms with van der Waals surface area (Å²) in [5, 5.41) is 5.80. The Balaban J connectivity index is 1.93. The predicted octanol–water partition coefficient (Wildman–Crippen LogP) is 3.03. The van der Waals surface area contributed by atoms with E-state index in [4.69, 9.17) is 16.3 Å². The van der Waals surface area contributed by atoms with Crippen molar-refractivity contribution < 1.29 is 14.3 Å². The number of ether oxygens (including phenoxy) is 1. The molecule has 0 saturated carbocycles. The highest BCUT2D eigenvalue weighted by Gasteiger charge is 2.12. The molecule has 2 N–H and O–H groups in total. The minimum atomic E-state index is -0.375. The first-order valence-corrected chi connectivity index (χ1v) is 7.36. The normalized spacial score (nSPS) is 10.0. The standard InChI is InChI=1S/C17H17ClN2O3/c1-11-7-8-12(9-14(11)18)20-16(21)10-19-17(22)13-5-3-4-6-15(13)23-2/h3-9H,10H2,1-2H3,(H,19,22)(H,20,21). The number of carbonyl (C=O) groups excluding carboxylic acids is 2. The Labute approximate surface area is 139 Å². The number of nitrogens with one attached hydrogen (secondary N) is 2. The molecule has 2 rings (SSSR count). The smallest absolute Gasteiger partial charge is 0.255 e. The number of para-hydroxylation sites is 1. The van der Waals surface area contributed by atoms with Crippen molar-refractivity contribution in [1.29, 1.82) is 0 Å². The van der Waals surface area contributed by atoms with E-state index in [0.29, 0.717) is 22.0 Å². The van der Waals surface area contributed by atoms with Crippen LogP contribution in [-0.2, 0) is 4.79 Å². The number of aryl methyl sites for hydroxylation is 1. The number of benzene rings is 2. The van der Waals surface area contributed by atoms with Gasteiger partial charge in [-0.1, -0.05) is 29.8 Å². The molecule has 0 unspecified atom stereocenters. The lowest BCUT2D eigenvalue weighted by molar-refractivity contribution is -0.115. The highest BCUT2D eigenvalue weighted by atomic mass is 35.5. The molecule has 0 atom stereocenters. The molecule has 0 spiro atoms. The van der Waals surface area contributed by atoms with Crippen LogP contribution in [0.4, 0.5) is 5.69 Å². The number of amides is 2. The lowest BCUT2D eigenvalue weighted by Crippen LogP contribution is -2.33. The van der Waals surface area contributed by atoms with Crippen molar-refractivity contribution in [3.05, 3.63) is 58.6 Å². The molecular formula is C17H17ClN2O3. The second kappa shape index (κ2) is 7.65. The second-order valence-corrected chi connectivity index (χ2v) is 5.30. The first-order valence-electron chi connectivity index (χ1n) is 6.98. The molecular weight excluding hydrogens is 316 g/mol. The fourth-order valence-corrected chi connectivity index (χ4v) is 2.14. The van der Waals surface area contributed by atoms with Gasteiger partial charge in [-0.2, -0.15) is 0 Å². The van der Waals surface area contributed by atoms with Gasteiger partial charge in [0, 0.05) is 10.7 Å². The van der Waals surface area contributed by atoms with Crippen LogP contribution in [0.5, 0.6) is 5.75 Å². The van der Waals surface area contributed by atoms with E-state index in [1.165, 1.54) is 7.11 Å². The van der Waals surface area contributed by atoms with E-state index in [0.717, 1.165) is 5.56 Å². The fourth-order valence-electron chi connectivity index (χ4n) is 1.96. The number of hydrogen-bond donors (Lipinski definition) is 2. The van der Waals surface area contributed by atoms with Crippen LogP contribution >= 0.6 is 11.6 Å². The molecule has 0 heterocycles. The van der Waals surface area contributed by atoms with Crippen molar-refractivity contribution in [2.24, 2.45) is 0 Å². The van der Waals surface area contributed by atoms with Crippen molar-refractivity contribution in [1.82, 2.24) is 5.32 Å². The van der Waals surface area contributed by atoms with Gasteiger partial charge in [-0.05, 0) is 36.8 Å². The Bertz CT molecular complexity index is 732. The van der Waals surface area contributed by atoms with Gasteiger partial charge in [0.05, 0.1) is 19.2 Å². The van der Waals surface area contributed by atoms with Gasteiger partial charge in [0.25, 0.3) is 5.91 Å². The van der Waals surface area contributed by atoms with E-state index in [-0.39, 0.29) is 18.4 Å². The summed E-state index contributed by atoms with van der Waals surface area (Å²) in [7, 11) is 1.49. The van der Waals surface area contributed by atoms with Crippen LogP contribution in [0.15, 0.2) is 42.5 Å². The van der Waals surface area contributed by atoms with Crippen LogP contribution in [0.1, 0.15) is 15.9 Å². The van der Waals surface area contributed by atoms with E-state index in [2.05, 4.69) is 10.6 Å². The third-order valence-corrected chi connectivity index (χ3v) is 3.62. The minimum absolute atomic E-state index is 0.150. The van der Waals surface area contributed by atoms with Gasteiger partial charge >= 0.3 is 0 Å². The third kappa shape index (κ3) is 4.47. The van der Waals surface area contributed by atoms with E-state index in [9.17, 15) is 9.59 Å². The fraction of sp³-hybridized carbons (Fsp3) is 0.176. The van der Waals surface area contributed by atoms with Gasteiger partial charge in [0.15, 0.2) is 0 Å². The maximum atomic E-state index is 12.1.